The Hall–Kier alpha value is -2.97. The summed E-state index contributed by atoms with van der Waals surface area (Å²) >= 11 is 0. The standard InChI is InChI=1S/C17H17F4N3O2/c1-2-26-16(25)24-13-8-7-12(14(18)15(13)22)23-9-10-3-5-11(6-4-10)17(19,20)21/h3-8,23H,2,9,22H2,1H3,(H,24,25). The molecule has 9 heteroatoms. The van der Waals surface area contributed by atoms with Crippen molar-refractivity contribution in [1.29, 1.82) is 0 Å². The molecule has 0 saturated heterocycles. The Morgan fingerprint density at radius 2 is 1.73 bits per heavy atom. The minimum absolute atomic E-state index is 0.0526. The SMILES string of the molecule is CCOC(=O)Nc1ccc(NCc2ccc(C(F)(F)F)cc2)c(F)c1N. The molecule has 0 atom stereocenters. The van der Waals surface area contributed by atoms with E-state index in [1.807, 2.05) is 0 Å². The number of anilines is 3. The number of nitrogens with two attached hydrogens (primary N) is 1. The van der Waals surface area contributed by atoms with Crippen LogP contribution in [0.2, 0.25) is 0 Å². The topological polar surface area (TPSA) is 76.4 Å². The molecule has 0 saturated carbocycles. The van der Waals surface area contributed by atoms with Gasteiger partial charge in [-0.1, -0.05) is 12.1 Å². The largest absolute Gasteiger partial charge is 0.450 e. The Balaban J connectivity index is 2.06. The van der Waals surface area contributed by atoms with E-state index in [-0.39, 0.29) is 30.2 Å². The van der Waals surface area contributed by atoms with Gasteiger partial charge in [0.15, 0.2) is 5.82 Å². The fourth-order valence-corrected chi connectivity index (χ4v) is 2.12. The van der Waals surface area contributed by atoms with Crippen LogP contribution in [0, 0.1) is 5.82 Å². The number of carbonyl (C=O) groups excluding carboxylic acids is 1. The first-order valence-electron chi connectivity index (χ1n) is 7.64. The number of benzene rings is 2. The van der Waals surface area contributed by atoms with Crippen molar-refractivity contribution in [2.75, 3.05) is 23.0 Å². The van der Waals surface area contributed by atoms with Crippen molar-refractivity contribution in [2.45, 2.75) is 19.6 Å². The van der Waals surface area contributed by atoms with Gasteiger partial charge < -0.3 is 15.8 Å². The second-order valence-corrected chi connectivity index (χ2v) is 5.28. The van der Waals surface area contributed by atoms with E-state index in [0.29, 0.717) is 5.56 Å². The maximum Gasteiger partial charge on any atom is 0.416 e. The van der Waals surface area contributed by atoms with Gasteiger partial charge in [-0.15, -0.1) is 0 Å². The van der Waals surface area contributed by atoms with Gasteiger partial charge in [0.1, 0.15) is 0 Å². The Morgan fingerprint density at radius 1 is 1.12 bits per heavy atom. The third-order valence-corrected chi connectivity index (χ3v) is 3.46. The number of ether oxygens (including phenoxy) is 1. The van der Waals surface area contributed by atoms with E-state index in [4.69, 9.17) is 5.73 Å². The lowest BCUT2D eigenvalue weighted by Crippen LogP contribution is -2.15. The van der Waals surface area contributed by atoms with Crippen molar-refractivity contribution < 1.29 is 27.1 Å². The fourth-order valence-electron chi connectivity index (χ4n) is 2.12. The van der Waals surface area contributed by atoms with Gasteiger partial charge in [0.05, 0.1) is 29.2 Å². The van der Waals surface area contributed by atoms with Crippen molar-refractivity contribution in [3.8, 4) is 0 Å². The summed E-state index contributed by atoms with van der Waals surface area (Å²) in [5, 5.41) is 5.07. The monoisotopic (exact) mass is 371 g/mol. The molecule has 4 N–H and O–H groups in total. The molecule has 1 amide bonds. The Morgan fingerprint density at radius 3 is 2.31 bits per heavy atom. The number of nitrogen functional groups attached to an aromatic ring is 1. The number of alkyl halides is 3. The van der Waals surface area contributed by atoms with Crippen LogP contribution in [0.25, 0.3) is 0 Å². The number of hydrogen-bond acceptors (Lipinski definition) is 4. The molecular formula is C17H17F4N3O2. The predicted octanol–water partition coefficient (Wildman–Crippen LogP) is 4.61. The van der Waals surface area contributed by atoms with Crippen LogP contribution in [0.5, 0.6) is 0 Å². The summed E-state index contributed by atoms with van der Waals surface area (Å²) in [5.41, 5.74) is 5.26. The van der Waals surface area contributed by atoms with Gasteiger partial charge in [-0.3, -0.25) is 5.32 Å². The second-order valence-electron chi connectivity index (χ2n) is 5.28. The Bertz CT molecular complexity index is 777. The predicted molar refractivity (Wildman–Crippen MR) is 90.2 cm³/mol. The van der Waals surface area contributed by atoms with E-state index < -0.39 is 23.7 Å². The van der Waals surface area contributed by atoms with Gasteiger partial charge in [-0.25, -0.2) is 9.18 Å². The molecule has 0 radical (unpaired) electrons. The highest BCUT2D eigenvalue weighted by Gasteiger charge is 2.29. The third-order valence-electron chi connectivity index (χ3n) is 3.46. The smallest absolute Gasteiger partial charge is 0.416 e. The molecule has 2 aromatic carbocycles. The van der Waals surface area contributed by atoms with Crippen LogP contribution in [0.1, 0.15) is 18.1 Å². The summed E-state index contributed by atoms with van der Waals surface area (Å²) < 4.78 is 56.6. The van der Waals surface area contributed by atoms with Crippen LogP contribution >= 0.6 is 0 Å². The molecule has 0 bridgehead atoms. The van der Waals surface area contributed by atoms with Gasteiger partial charge in [-0.2, -0.15) is 13.2 Å². The summed E-state index contributed by atoms with van der Waals surface area (Å²) in [6.45, 7) is 1.87. The van der Waals surface area contributed by atoms with Crippen molar-refractivity contribution >= 4 is 23.2 Å². The third kappa shape index (κ3) is 4.78. The molecule has 0 heterocycles. The maximum absolute atomic E-state index is 14.3. The average Bonchev–Trinajstić information content (AvgIpc) is 2.58. The lowest BCUT2D eigenvalue weighted by molar-refractivity contribution is -0.137. The van der Waals surface area contributed by atoms with Crippen LogP contribution in [0.4, 0.5) is 39.4 Å². The van der Waals surface area contributed by atoms with Crippen LogP contribution in [0.3, 0.4) is 0 Å². The Kier molecular flexibility index (Phi) is 5.91. The van der Waals surface area contributed by atoms with Gasteiger partial charge >= 0.3 is 12.3 Å². The highest BCUT2D eigenvalue weighted by Crippen LogP contribution is 2.30. The molecule has 5 nitrogen and oxygen atoms in total. The zero-order chi connectivity index (χ0) is 19.3. The molecule has 0 aliphatic carbocycles. The van der Waals surface area contributed by atoms with Gasteiger partial charge in [0, 0.05) is 6.54 Å². The normalized spacial score (nSPS) is 11.1. The molecule has 140 valence electrons. The quantitative estimate of drug-likeness (QED) is 0.530. The second kappa shape index (κ2) is 7.94. The molecule has 2 aromatic rings. The van der Waals surface area contributed by atoms with Crippen LogP contribution in [-0.4, -0.2) is 12.7 Å². The molecule has 26 heavy (non-hydrogen) atoms. The molecule has 2 rings (SSSR count). The van der Waals surface area contributed by atoms with Crippen LogP contribution in [0.15, 0.2) is 36.4 Å². The first kappa shape index (κ1) is 19.4. The molecule has 0 unspecified atom stereocenters. The van der Waals surface area contributed by atoms with E-state index in [0.717, 1.165) is 12.1 Å². The first-order valence-corrected chi connectivity index (χ1v) is 7.64. The van der Waals surface area contributed by atoms with Crippen molar-refractivity contribution in [3.63, 3.8) is 0 Å². The number of rotatable bonds is 5. The molecule has 0 aliphatic heterocycles. The molecule has 0 aliphatic rings. The van der Waals surface area contributed by atoms with E-state index in [1.165, 1.54) is 24.3 Å². The summed E-state index contributed by atoms with van der Waals surface area (Å²) in [6.07, 6.45) is -5.17. The zero-order valence-corrected chi connectivity index (χ0v) is 13.8. The van der Waals surface area contributed by atoms with Gasteiger partial charge in [-0.05, 0) is 36.8 Å². The van der Waals surface area contributed by atoms with Crippen LogP contribution in [-0.2, 0) is 17.5 Å². The van der Waals surface area contributed by atoms with Crippen molar-refractivity contribution in [3.05, 3.63) is 53.3 Å². The lowest BCUT2D eigenvalue weighted by Gasteiger charge is -2.13. The van der Waals surface area contributed by atoms with E-state index in [1.54, 1.807) is 6.92 Å². The summed E-state index contributed by atoms with van der Waals surface area (Å²) in [7, 11) is 0. The Labute approximate surface area is 147 Å². The molecular weight excluding hydrogens is 354 g/mol. The lowest BCUT2D eigenvalue weighted by atomic mass is 10.1. The molecule has 0 aromatic heterocycles. The fraction of sp³-hybridized carbons (Fsp3) is 0.235. The van der Waals surface area contributed by atoms with E-state index >= 15 is 0 Å². The number of hydrogen-bond donors (Lipinski definition) is 3. The number of nitrogens with one attached hydrogen (secondary N) is 2. The summed E-state index contributed by atoms with van der Waals surface area (Å²) in [5.74, 6) is -0.786. The molecule has 0 spiro atoms. The van der Waals surface area contributed by atoms with Crippen LogP contribution < -0.4 is 16.4 Å². The average molecular weight is 371 g/mol. The summed E-state index contributed by atoms with van der Waals surface area (Å²) in [6, 6.07) is 7.26. The minimum atomic E-state index is -4.41. The number of amides is 1. The van der Waals surface area contributed by atoms with Gasteiger partial charge in [0.2, 0.25) is 0 Å². The van der Waals surface area contributed by atoms with E-state index in [9.17, 15) is 22.4 Å². The zero-order valence-electron chi connectivity index (χ0n) is 13.8. The maximum atomic E-state index is 14.3. The first-order chi connectivity index (χ1) is 12.2. The number of carbonyl (C=O) groups is 1. The van der Waals surface area contributed by atoms with Crippen molar-refractivity contribution in [1.82, 2.24) is 0 Å². The highest BCUT2D eigenvalue weighted by molar-refractivity contribution is 5.90. The van der Waals surface area contributed by atoms with E-state index in [2.05, 4.69) is 15.4 Å². The van der Waals surface area contributed by atoms with Gasteiger partial charge in [0.25, 0.3) is 0 Å². The number of halogens is 4. The molecule has 0 fully saturated rings. The minimum Gasteiger partial charge on any atom is -0.450 e. The highest BCUT2D eigenvalue weighted by atomic mass is 19.4. The summed E-state index contributed by atoms with van der Waals surface area (Å²) in [4.78, 5) is 11.4. The van der Waals surface area contributed by atoms with Crippen molar-refractivity contribution in [2.24, 2.45) is 0 Å².